The minimum absolute atomic E-state index is 0.0649. The molecule has 1 aliphatic heterocycles. The van der Waals surface area contributed by atoms with Crippen molar-refractivity contribution in [2.24, 2.45) is 22.2 Å². The summed E-state index contributed by atoms with van der Waals surface area (Å²) >= 11 is 0. The number of pyridine rings is 1. The van der Waals surface area contributed by atoms with Gasteiger partial charge in [0.1, 0.15) is 0 Å². The van der Waals surface area contributed by atoms with Crippen molar-refractivity contribution in [3.8, 4) is 0 Å². The Morgan fingerprint density at radius 3 is 2.43 bits per heavy atom. The number of likely N-dealkylation sites (tertiary alicyclic amines) is 1. The number of nitrogens with zero attached hydrogens (tertiary/aromatic N) is 2. The van der Waals surface area contributed by atoms with Crippen LogP contribution in [0, 0.1) is 22.2 Å². The number of hydrogen-bond acceptors (Lipinski definition) is 3. The molecule has 2 heterocycles. The molecule has 1 saturated heterocycles. The molecule has 0 aromatic carbocycles. The van der Waals surface area contributed by atoms with E-state index < -0.39 is 0 Å². The average Bonchev–Trinajstić information content (AvgIpc) is 2.64. The second-order valence-corrected chi connectivity index (χ2v) is 11.0. The maximum absolute atomic E-state index is 13.7. The van der Waals surface area contributed by atoms with Gasteiger partial charge < -0.3 is 9.64 Å². The molecule has 6 rings (SSSR count). The van der Waals surface area contributed by atoms with Crippen molar-refractivity contribution in [3.63, 3.8) is 0 Å². The number of amides is 1. The predicted octanol–water partition coefficient (Wildman–Crippen LogP) is 4.59. The molecule has 0 N–H and O–H groups in total. The Hall–Kier alpha value is -1.42. The molecule has 5 aliphatic rings. The van der Waals surface area contributed by atoms with E-state index in [-0.39, 0.29) is 11.5 Å². The lowest BCUT2D eigenvalue weighted by Crippen LogP contribution is -2.61. The molecular weight excluding hydrogens is 348 g/mol. The number of hydrogen-bond donors (Lipinski definition) is 0. The molecule has 2 atom stereocenters. The van der Waals surface area contributed by atoms with Gasteiger partial charge in [0.05, 0.1) is 23.8 Å². The SMILES string of the molecule is C[C@]12CC3CC(C(=O)N4CCC(OCc5ccccn5)CC4)(C1)C[C@](C)(C3)C2. The molecule has 4 nitrogen and oxygen atoms in total. The Bertz CT molecular complexity index is 722. The van der Waals surface area contributed by atoms with Crippen molar-refractivity contribution in [1.82, 2.24) is 9.88 Å². The van der Waals surface area contributed by atoms with Gasteiger partial charge in [-0.1, -0.05) is 19.9 Å². The van der Waals surface area contributed by atoms with Gasteiger partial charge in [-0.2, -0.15) is 0 Å². The Balaban J connectivity index is 1.21. The van der Waals surface area contributed by atoms with E-state index in [1.165, 1.54) is 19.3 Å². The topological polar surface area (TPSA) is 42.4 Å². The molecule has 0 unspecified atom stereocenters. The van der Waals surface area contributed by atoms with Crippen molar-refractivity contribution < 1.29 is 9.53 Å². The van der Waals surface area contributed by atoms with E-state index in [4.69, 9.17) is 4.74 Å². The minimum Gasteiger partial charge on any atom is -0.372 e. The Morgan fingerprint density at radius 2 is 1.82 bits per heavy atom. The van der Waals surface area contributed by atoms with Gasteiger partial charge in [-0.25, -0.2) is 0 Å². The van der Waals surface area contributed by atoms with Gasteiger partial charge in [-0.15, -0.1) is 0 Å². The van der Waals surface area contributed by atoms with Gasteiger partial charge in [0, 0.05) is 19.3 Å². The third-order valence-corrected chi connectivity index (χ3v) is 8.00. The fraction of sp³-hybridized carbons (Fsp3) is 0.750. The van der Waals surface area contributed by atoms with Gasteiger partial charge in [-0.05, 0) is 80.2 Å². The zero-order valence-corrected chi connectivity index (χ0v) is 17.5. The molecule has 4 aliphatic carbocycles. The van der Waals surface area contributed by atoms with E-state index in [0.717, 1.165) is 56.8 Å². The van der Waals surface area contributed by atoms with Crippen LogP contribution >= 0.6 is 0 Å². The van der Waals surface area contributed by atoms with Gasteiger partial charge in [0.2, 0.25) is 5.91 Å². The molecule has 1 aromatic rings. The van der Waals surface area contributed by atoms with Gasteiger partial charge in [0.15, 0.2) is 0 Å². The van der Waals surface area contributed by atoms with Crippen LogP contribution < -0.4 is 0 Å². The highest BCUT2D eigenvalue weighted by atomic mass is 16.5. The Morgan fingerprint density at radius 1 is 1.11 bits per heavy atom. The van der Waals surface area contributed by atoms with Crippen molar-refractivity contribution in [1.29, 1.82) is 0 Å². The summed E-state index contributed by atoms with van der Waals surface area (Å²) in [7, 11) is 0. The number of piperidine rings is 1. The molecule has 4 heteroatoms. The highest BCUT2D eigenvalue weighted by Crippen LogP contribution is 2.69. The van der Waals surface area contributed by atoms with Gasteiger partial charge >= 0.3 is 0 Å². The van der Waals surface area contributed by atoms with Crippen molar-refractivity contribution in [3.05, 3.63) is 30.1 Å². The van der Waals surface area contributed by atoms with Crippen LogP contribution in [0.1, 0.15) is 70.9 Å². The van der Waals surface area contributed by atoms with E-state index in [0.29, 0.717) is 23.3 Å². The lowest BCUT2D eigenvalue weighted by atomic mass is 9.40. The summed E-state index contributed by atoms with van der Waals surface area (Å²) in [6.07, 6.45) is 11.4. The highest BCUT2D eigenvalue weighted by molar-refractivity contribution is 5.83. The first-order valence-corrected chi connectivity index (χ1v) is 11.2. The van der Waals surface area contributed by atoms with Crippen LogP contribution in [0.25, 0.3) is 0 Å². The first kappa shape index (κ1) is 18.6. The molecule has 4 bridgehead atoms. The monoisotopic (exact) mass is 382 g/mol. The summed E-state index contributed by atoms with van der Waals surface area (Å²) in [5.41, 5.74) is 1.71. The zero-order chi connectivity index (χ0) is 19.4. The fourth-order valence-electron chi connectivity index (χ4n) is 7.93. The van der Waals surface area contributed by atoms with Gasteiger partial charge in [0.25, 0.3) is 0 Å². The molecule has 152 valence electrons. The van der Waals surface area contributed by atoms with Crippen LogP contribution in [-0.2, 0) is 16.1 Å². The highest BCUT2D eigenvalue weighted by Gasteiger charge is 2.63. The Labute approximate surface area is 169 Å². The lowest BCUT2D eigenvalue weighted by molar-refractivity contribution is -0.181. The molecule has 4 saturated carbocycles. The van der Waals surface area contributed by atoms with E-state index in [9.17, 15) is 4.79 Å². The minimum atomic E-state index is -0.0649. The maximum atomic E-state index is 13.7. The largest absolute Gasteiger partial charge is 0.372 e. The molecule has 5 fully saturated rings. The molecule has 1 aromatic heterocycles. The first-order valence-electron chi connectivity index (χ1n) is 11.2. The summed E-state index contributed by atoms with van der Waals surface area (Å²) < 4.78 is 6.08. The molecule has 0 spiro atoms. The molecule has 28 heavy (non-hydrogen) atoms. The summed E-state index contributed by atoms with van der Waals surface area (Å²) in [6.45, 7) is 7.18. The fourth-order valence-corrected chi connectivity index (χ4v) is 7.93. The maximum Gasteiger partial charge on any atom is 0.228 e. The summed E-state index contributed by atoms with van der Waals surface area (Å²) in [5.74, 6) is 1.24. The van der Waals surface area contributed by atoms with E-state index in [1.54, 1.807) is 0 Å². The number of aromatic nitrogens is 1. The van der Waals surface area contributed by atoms with Crippen molar-refractivity contribution in [2.75, 3.05) is 13.1 Å². The first-order chi connectivity index (χ1) is 13.4. The number of carbonyl (C=O) groups excluding carboxylic acids is 1. The summed E-state index contributed by atoms with van der Waals surface area (Å²) in [5, 5.41) is 0. The number of carbonyl (C=O) groups is 1. The van der Waals surface area contributed by atoms with E-state index >= 15 is 0 Å². The third kappa shape index (κ3) is 3.28. The van der Waals surface area contributed by atoms with Crippen LogP contribution in [-0.4, -0.2) is 35.0 Å². The number of rotatable bonds is 4. The van der Waals surface area contributed by atoms with E-state index in [1.807, 2.05) is 24.4 Å². The van der Waals surface area contributed by atoms with Crippen molar-refractivity contribution >= 4 is 5.91 Å². The van der Waals surface area contributed by atoms with Crippen LogP contribution in [0.3, 0.4) is 0 Å². The molecule has 1 amide bonds. The second-order valence-electron chi connectivity index (χ2n) is 11.0. The van der Waals surface area contributed by atoms with Crippen LogP contribution in [0.2, 0.25) is 0 Å². The normalized spacial score (nSPS) is 40.1. The van der Waals surface area contributed by atoms with Gasteiger partial charge in [-0.3, -0.25) is 9.78 Å². The lowest BCUT2D eigenvalue weighted by Gasteiger charge is -2.65. The standard InChI is InChI=1S/C24H34N2O2/c1-22-11-18-12-23(2,15-22)17-24(13-18,16-22)21(27)26-9-6-20(7-10-26)28-14-19-5-3-4-8-25-19/h3-5,8,18,20H,6-7,9-17H2,1-2H3/t18?,22-,23-,24?/m1/s1. The zero-order valence-electron chi connectivity index (χ0n) is 17.5. The van der Waals surface area contributed by atoms with Crippen molar-refractivity contribution in [2.45, 2.75) is 77.9 Å². The van der Waals surface area contributed by atoms with Crippen LogP contribution in [0.5, 0.6) is 0 Å². The average molecular weight is 383 g/mol. The summed E-state index contributed by atoms with van der Waals surface area (Å²) in [6, 6.07) is 5.94. The number of ether oxygens (including phenoxy) is 1. The quantitative estimate of drug-likeness (QED) is 0.765. The second kappa shape index (κ2) is 6.55. The molecular formula is C24H34N2O2. The van der Waals surface area contributed by atoms with E-state index in [2.05, 4.69) is 23.7 Å². The Kier molecular flexibility index (Phi) is 4.35. The predicted molar refractivity (Wildman–Crippen MR) is 108 cm³/mol. The summed E-state index contributed by atoms with van der Waals surface area (Å²) in [4.78, 5) is 20.2. The smallest absolute Gasteiger partial charge is 0.228 e. The van der Waals surface area contributed by atoms with Crippen LogP contribution in [0.4, 0.5) is 0 Å². The molecule has 0 radical (unpaired) electrons. The third-order valence-electron chi connectivity index (χ3n) is 8.00. The van der Waals surface area contributed by atoms with Crippen LogP contribution in [0.15, 0.2) is 24.4 Å².